The molecule has 0 spiro atoms. The van der Waals surface area contributed by atoms with Gasteiger partial charge in [0.1, 0.15) is 11.6 Å². The Morgan fingerprint density at radius 1 is 1.47 bits per heavy atom. The van der Waals surface area contributed by atoms with E-state index in [9.17, 15) is 0 Å². The molecule has 1 aliphatic heterocycles. The maximum absolute atomic E-state index is 6.13. The Labute approximate surface area is 109 Å². The summed E-state index contributed by atoms with van der Waals surface area (Å²) in [6.07, 6.45) is 6.84. The zero-order valence-electron chi connectivity index (χ0n) is 9.44. The van der Waals surface area contributed by atoms with E-state index in [4.69, 9.17) is 11.6 Å². The van der Waals surface area contributed by atoms with Gasteiger partial charge >= 0.3 is 0 Å². The molecule has 2 heterocycles. The highest BCUT2D eigenvalue weighted by Crippen LogP contribution is 2.21. The first-order valence-corrected chi connectivity index (χ1v) is 6.63. The van der Waals surface area contributed by atoms with Gasteiger partial charge in [0.25, 0.3) is 0 Å². The number of amidine groups is 1. The summed E-state index contributed by atoms with van der Waals surface area (Å²) in [7, 11) is 0. The topological polar surface area (TPSA) is 62.2 Å². The largest absolute Gasteiger partial charge is 0.325 e. The quantitative estimate of drug-likeness (QED) is 0.635. The number of halogens is 1. The molecule has 1 aromatic rings. The van der Waals surface area contributed by atoms with Gasteiger partial charge in [-0.3, -0.25) is 4.98 Å². The van der Waals surface area contributed by atoms with E-state index >= 15 is 0 Å². The van der Waals surface area contributed by atoms with Gasteiger partial charge in [0.2, 0.25) is 0 Å². The smallest absolute Gasteiger partial charge is 0.163 e. The van der Waals surface area contributed by atoms with Crippen LogP contribution in [0.25, 0.3) is 0 Å². The molecule has 5 nitrogen and oxygen atoms in total. The van der Waals surface area contributed by atoms with E-state index in [-0.39, 0.29) is 5.50 Å². The SMILES string of the molecule is CSC1=NC(Cl)C(C)=C(Nc2cnccn2)N1. The number of aliphatic imine (C=N–C) groups is 1. The third kappa shape index (κ3) is 2.89. The van der Waals surface area contributed by atoms with Crippen molar-refractivity contribution in [3.8, 4) is 0 Å². The van der Waals surface area contributed by atoms with Crippen LogP contribution in [0, 0.1) is 0 Å². The molecule has 0 fully saturated rings. The van der Waals surface area contributed by atoms with Gasteiger partial charge in [-0.1, -0.05) is 23.4 Å². The molecule has 0 aliphatic carbocycles. The molecule has 0 saturated carbocycles. The predicted molar refractivity (Wildman–Crippen MR) is 72.1 cm³/mol. The molecule has 17 heavy (non-hydrogen) atoms. The van der Waals surface area contributed by atoms with Crippen LogP contribution < -0.4 is 10.6 Å². The van der Waals surface area contributed by atoms with Gasteiger partial charge in [0, 0.05) is 18.0 Å². The van der Waals surface area contributed by atoms with Crippen molar-refractivity contribution in [1.29, 1.82) is 0 Å². The lowest BCUT2D eigenvalue weighted by atomic mass is 10.3. The van der Waals surface area contributed by atoms with E-state index in [1.165, 1.54) is 11.8 Å². The van der Waals surface area contributed by atoms with E-state index in [1.54, 1.807) is 18.6 Å². The minimum absolute atomic E-state index is 0.349. The Balaban J connectivity index is 2.18. The number of thioether (sulfide) groups is 1. The van der Waals surface area contributed by atoms with E-state index < -0.39 is 0 Å². The normalized spacial score (nSPS) is 19.7. The first kappa shape index (κ1) is 12.2. The highest BCUT2D eigenvalue weighted by Gasteiger charge is 2.19. The molecule has 1 aliphatic rings. The molecule has 0 radical (unpaired) electrons. The molecule has 1 aromatic heterocycles. The Morgan fingerprint density at radius 3 is 2.94 bits per heavy atom. The fourth-order valence-corrected chi connectivity index (χ4v) is 1.96. The molecule has 0 aromatic carbocycles. The van der Waals surface area contributed by atoms with Crippen LogP contribution in [0.15, 0.2) is 35.0 Å². The van der Waals surface area contributed by atoms with Crippen molar-refractivity contribution in [3.63, 3.8) is 0 Å². The minimum atomic E-state index is -0.349. The van der Waals surface area contributed by atoms with Gasteiger partial charge in [-0.15, -0.1) is 0 Å². The summed E-state index contributed by atoms with van der Waals surface area (Å²) in [6, 6.07) is 0. The zero-order chi connectivity index (χ0) is 12.3. The summed E-state index contributed by atoms with van der Waals surface area (Å²) in [4.78, 5) is 12.4. The Kier molecular flexibility index (Phi) is 3.86. The average molecular weight is 270 g/mol. The Morgan fingerprint density at radius 2 is 2.29 bits per heavy atom. The summed E-state index contributed by atoms with van der Waals surface area (Å²) < 4.78 is 0. The number of nitrogens with zero attached hydrogens (tertiary/aromatic N) is 3. The standard InChI is InChI=1S/C10H12ClN5S/c1-6-8(11)15-10(17-2)16-9(6)14-7-5-12-3-4-13-7/h3-5,8H,1-2H3,(H,13,14)(H,15,16). The van der Waals surface area contributed by atoms with Crippen molar-refractivity contribution >= 4 is 34.3 Å². The van der Waals surface area contributed by atoms with Crippen molar-refractivity contribution in [2.45, 2.75) is 12.4 Å². The van der Waals surface area contributed by atoms with E-state index in [0.29, 0.717) is 5.82 Å². The van der Waals surface area contributed by atoms with Gasteiger partial charge in [0.05, 0.1) is 6.20 Å². The van der Waals surface area contributed by atoms with Crippen LogP contribution in [-0.4, -0.2) is 26.9 Å². The van der Waals surface area contributed by atoms with Gasteiger partial charge in [-0.05, 0) is 13.2 Å². The first-order chi connectivity index (χ1) is 8.20. The van der Waals surface area contributed by atoms with Crippen molar-refractivity contribution in [2.75, 3.05) is 11.6 Å². The van der Waals surface area contributed by atoms with Crippen molar-refractivity contribution in [2.24, 2.45) is 4.99 Å². The number of hydrogen-bond donors (Lipinski definition) is 2. The second-order valence-electron chi connectivity index (χ2n) is 3.37. The monoisotopic (exact) mass is 269 g/mol. The number of hydrogen-bond acceptors (Lipinski definition) is 6. The van der Waals surface area contributed by atoms with Crippen molar-refractivity contribution in [3.05, 3.63) is 30.0 Å². The van der Waals surface area contributed by atoms with Gasteiger partial charge in [0.15, 0.2) is 10.7 Å². The molecule has 0 bridgehead atoms. The lowest BCUT2D eigenvalue weighted by Gasteiger charge is -2.22. The van der Waals surface area contributed by atoms with Gasteiger partial charge < -0.3 is 10.6 Å². The van der Waals surface area contributed by atoms with Crippen LogP contribution in [0.4, 0.5) is 5.82 Å². The lowest BCUT2D eigenvalue weighted by molar-refractivity contribution is 0.920. The Hall–Kier alpha value is -1.27. The van der Waals surface area contributed by atoms with Crippen LogP contribution in [0.3, 0.4) is 0 Å². The van der Waals surface area contributed by atoms with Crippen molar-refractivity contribution < 1.29 is 0 Å². The fourth-order valence-electron chi connectivity index (χ4n) is 1.28. The number of rotatable bonds is 2. The van der Waals surface area contributed by atoms with Crippen LogP contribution in [0.1, 0.15) is 6.92 Å². The fraction of sp³-hybridized carbons (Fsp3) is 0.300. The summed E-state index contributed by atoms with van der Waals surface area (Å²) in [5, 5.41) is 7.08. The van der Waals surface area contributed by atoms with Crippen LogP contribution in [0.2, 0.25) is 0 Å². The van der Waals surface area contributed by atoms with Crippen LogP contribution >= 0.6 is 23.4 Å². The molecule has 1 atom stereocenters. The zero-order valence-corrected chi connectivity index (χ0v) is 11.0. The van der Waals surface area contributed by atoms with E-state index in [0.717, 1.165) is 16.6 Å². The second-order valence-corrected chi connectivity index (χ2v) is 4.58. The summed E-state index contributed by atoms with van der Waals surface area (Å²) in [5.41, 5.74) is 0.577. The van der Waals surface area contributed by atoms with Crippen molar-refractivity contribution in [1.82, 2.24) is 15.3 Å². The average Bonchev–Trinajstić information content (AvgIpc) is 2.36. The highest BCUT2D eigenvalue weighted by molar-refractivity contribution is 8.13. The number of aromatic nitrogens is 2. The summed E-state index contributed by atoms with van der Waals surface area (Å²) in [6.45, 7) is 1.92. The van der Waals surface area contributed by atoms with E-state index in [1.807, 2.05) is 13.2 Å². The lowest BCUT2D eigenvalue weighted by Crippen LogP contribution is -2.32. The maximum Gasteiger partial charge on any atom is 0.163 e. The van der Waals surface area contributed by atoms with Crippen LogP contribution in [-0.2, 0) is 0 Å². The minimum Gasteiger partial charge on any atom is -0.325 e. The van der Waals surface area contributed by atoms with E-state index in [2.05, 4.69) is 25.6 Å². The molecule has 90 valence electrons. The highest BCUT2D eigenvalue weighted by atomic mass is 35.5. The third-order valence-corrected chi connectivity index (χ3v) is 3.24. The number of nitrogens with one attached hydrogen (secondary N) is 2. The Bertz CT molecular complexity index is 459. The molecule has 1 unspecified atom stereocenters. The first-order valence-electron chi connectivity index (χ1n) is 4.97. The molecule has 0 amide bonds. The maximum atomic E-state index is 6.13. The number of anilines is 1. The molecular formula is C10H12ClN5S. The van der Waals surface area contributed by atoms with Gasteiger partial charge in [-0.2, -0.15) is 0 Å². The van der Waals surface area contributed by atoms with Crippen LogP contribution in [0.5, 0.6) is 0 Å². The third-order valence-electron chi connectivity index (χ3n) is 2.22. The summed E-state index contributed by atoms with van der Waals surface area (Å²) in [5.74, 6) is 1.48. The molecule has 7 heteroatoms. The molecule has 2 rings (SSSR count). The molecule has 2 N–H and O–H groups in total. The molecular weight excluding hydrogens is 258 g/mol. The predicted octanol–water partition coefficient (Wildman–Crippen LogP) is 2.01. The summed E-state index contributed by atoms with van der Waals surface area (Å²) >= 11 is 7.64. The number of alkyl halides is 1. The molecule has 0 saturated heterocycles. The van der Waals surface area contributed by atoms with Gasteiger partial charge in [-0.25, -0.2) is 9.98 Å². The second kappa shape index (κ2) is 5.37.